The summed E-state index contributed by atoms with van der Waals surface area (Å²) in [5, 5.41) is 0. The Hall–Kier alpha value is -1.98. The van der Waals surface area contributed by atoms with Crippen LogP contribution in [0.2, 0.25) is 0 Å². The zero-order valence-electron chi connectivity index (χ0n) is 8.96. The Morgan fingerprint density at radius 2 is 2.12 bits per heavy atom. The average Bonchev–Trinajstić information content (AvgIpc) is 3.01. The van der Waals surface area contributed by atoms with Crippen molar-refractivity contribution in [1.29, 1.82) is 0 Å². The van der Waals surface area contributed by atoms with E-state index in [1.165, 1.54) is 0 Å². The molecule has 0 aromatic carbocycles. The summed E-state index contributed by atoms with van der Waals surface area (Å²) in [6, 6.07) is 0. The van der Waals surface area contributed by atoms with Crippen LogP contribution in [0.15, 0.2) is 12.5 Å². The minimum atomic E-state index is 0.285. The number of nitrogens with zero attached hydrogens (tertiary/aromatic N) is 5. The SMILES string of the molecule is Cn1cncc1-c1nc(N)nc(C2CC2)n1. The highest BCUT2D eigenvalue weighted by atomic mass is 15.1. The molecule has 0 amide bonds. The van der Waals surface area contributed by atoms with Crippen LogP contribution in [-0.4, -0.2) is 24.5 Å². The summed E-state index contributed by atoms with van der Waals surface area (Å²) in [6.07, 6.45) is 5.74. The van der Waals surface area contributed by atoms with Gasteiger partial charge in [-0.15, -0.1) is 0 Å². The molecule has 0 saturated heterocycles. The third kappa shape index (κ3) is 1.52. The minimum absolute atomic E-state index is 0.285. The summed E-state index contributed by atoms with van der Waals surface area (Å²) < 4.78 is 1.87. The molecular formula is C10H12N6. The lowest BCUT2D eigenvalue weighted by molar-refractivity contribution is 0.870. The van der Waals surface area contributed by atoms with Crippen LogP contribution in [0.5, 0.6) is 0 Å². The Morgan fingerprint density at radius 3 is 2.75 bits per heavy atom. The first kappa shape index (κ1) is 9.26. The highest BCUT2D eigenvalue weighted by molar-refractivity contribution is 5.50. The highest BCUT2D eigenvalue weighted by Crippen LogP contribution is 2.38. The van der Waals surface area contributed by atoms with Gasteiger partial charge in [-0.1, -0.05) is 0 Å². The second-order valence-corrected chi connectivity index (χ2v) is 4.04. The summed E-state index contributed by atoms with van der Waals surface area (Å²) in [4.78, 5) is 16.8. The Bertz CT molecular complexity index is 528. The topological polar surface area (TPSA) is 82.5 Å². The fraction of sp³-hybridized carbons (Fsp3) is 0.400. The summed E-state index contributed by atoms with van der Waals surface area (Å²) >= 11 is 0. The van der Waals surface area contributed by atoms with Gasteiger partial charge < -0.3 is 10.3 Å². The van der Waals surface area contributed by atoms with Gasteiger partial charge in [-0.05, 0) is 12.8 Å². The number of anilines is 1. The van der Waals surface area contributed by atoms with Gasteiger partial charge in [-0.25, -0.2) is 9.97 Å². The smallest absolute Gasteiger partial charge is 0.223 e. The van der Waals surface area contributed by atoms with Gasteiger partial charge in [0.2, 0.25) is 5.95 Å². The first-order valence-corrected chi connectivity index (χ1v) is 5.22. The lowest BCUT2D eigenvalue weighted by Gasteiger charge is -2.04. The van der Waals surface area contributed by atoms with Gasteiger partial charge >= 0.3 is 0 Å². The van der Waals surface area contributed by atoms with Gasteiger partial charge in [0.05, 0.1) is 12.5 Å². The van der Waals surface area contributed by atoms with E-state index in [0.717, 1.165) is 24.4 Å². The van der Waals surface area contributed by atoms with E-state index in [0.29, 0.717) is 11.7 Å². The van der Waals surface area contributed by atoms with Crippen LogP contribution in [0, 0.1) is 0 Å². The van der Waals surface area contributed by atoms with E-state index >= 15 is 0 Å². The van der Waals surface area contributed by atoms with Crippen LogP contribution in [0.1, 0.15) is 24.6 Å². The molecule has 1 aliphatic carbocycles. The van der Waals surface area contributed by atoms with Crippen LogP contribution >= 0.6 is 0 Å². The number of nitrogens with two attached hydrogens (primary N) is 1. The van der Waals surface area contributed by atoms with Crippen LogP contribution in [0.4, 0.5) is 5.95 Å². The summed E-state index contributed by atoms with van der Waals surface area (Å²) in [5.74, 6) is 2.17. The molecule has 3 rings (SSSR count). The van der Waals surface area contributed by atoms with Gasteiger partial charge in [0.1, 0.15) is 11.5 Å². The standard InChI is InChI=1S/C10H12N6/c1-16-5-12-4-7(16)9-13-8(6-2-3-6)14-10(11)15-9/h4-6H,2-3H2,1H3,(H2,11,13,14,15). The summed E-state index contributed by atoms with van der Waals surface area (Å²) in [5.41, 5.74) is 6.55. The lowest BCUT2D eigenvalue weighted by atomic mass is 10.3. The molecule has 16 heavy (non-hydrogen) atoms. The maximum atomic E-state index is 5.69. The molecule has 82 valence electrons. The molecule has 6 nitrogen and oxygen atoms in total. The molecule has 1 aliphatic rings. The van der Waals surface area contributed by atoms with Crippen LogP contribution in [0.3, 0.4) is 0 Å². The molecular weight excluding hydrogens is 204 g/mol. The average molecular weight is 216 g/mol. The number of nitrogen functional groups attached to an aromatic ring is 1. The molecule has 1 fully saturated rings. The summed E-state index contributed by atoms with van der Waals surface area (Å²) in [6.45, 7) is 0. The molecule has 2 aromatic heterocycles. The van der Waals surface area contributed by atoms with Gasteiger partial charge in [0.25, 0.3) is 0 Å². The Morgan fingerprint density at radius 1 is 1.31 bits per heavy atom. The van der Waals surface area contributed by atoms with E-state index < -0.39 is 0 Å². The van der Waals surface area contributed by atoms with Crippen molar-refractivity contribution in [2.24, 2.45) is 7.05 Å². The van der Waals surface area contributed by atoms with Crippen molar-refractivity contribution in [2.75, 3.05) is 5.73 Å². The van der Waals surface area contributed by atoms with Gasteiger partial charge in [0, 0.05) is 13.0 Å². The fourth-order valence-corrected chi connectivity index (χ4v) is 1.62. The van der Waals surface area contributed by atoms with Crippen LogP contribution in [0.25, 0.3) is 11.5 Å². The van der Waals surface area contributed by atoms with Crippen molar-refractivity contribution in [3.05, 3.63) is 18.3 Å². The predicted molar refractivity (Wildman–Crippen MR) is 58.4 cm³/mol. The normalized spacial score (nSPS) is 15.3. The van der Waals surface area contributed by atoms with E-state index in [1.807, 2.05) is 11.6 Å². The molecule has 0 bridgehead atoms. The number of hydrogen-bond donors (Lipinski definition) is 1. The number of aromatic nitrogens is 5. The predicted octanol–water partition coefficient (Wildman–Crippen LogP) is 0.732. The quantitative estimate of drug-likeness (QED) is 0.800. The molecule has 0 spiro atoms. The van der Waals surface area contributed by atoms with Crippen molar-refractivity contribution in [3.63, 3.8) is 0 Å². The van der Waals surface area contributed by atoms with Gasteiger partial charge in [0.15, 0.2) is 5.82 Å². The fourth-order valence-electron chi connectivity index (χ4n) is 1.62. The maximum Gasteiger partial charge on any atom is 0.223 e. The molecule has 1 saturated carbocycles. The molecule has 0 atom stereocenters. The van der Waals surface area contributed by atoms with Crippen molar-refractivity contribution in [3.8, 4) is 11.5 Å². The molecule has 0 unspecified atom stereocenters. The van der Waals surface area contributed by atoms with E-state index in [4.69, 9.17) is 5.73 Å². The van der Waals surface area contributed by atoms with Crippen LogP contribution in [-0.2, 0) is 7.05 Å². The molecule has 0 radical (unpaired) electrons. The second-order valence-electron chi connectivity index (χ2n) is 4.04. The summed E-state index contributed by atoms with van der Waals surface area (Å²) in [7, 11) is 1.90. The third-order valence-electron chi connectivity index (χ3n) is 2.66. The van der Waals surface area contributed by atoms with E-state index in [1.54, 1.807) is 12.5 Å². The Kier molecular flexibility index (Phi) is 1.89. The first-order chi connectivity index (χ1) is 7.74. The van der Waals surface area contributed by atoms with Crippen LogP contribution < -0.4 is 5.73 Å². The maximum absolute atomic E-state index is 5.69. The van der Waals surface area contributed by atoms with Gasteiger partial charge in [-0.3, -0.25) is 0 Å². The Balaban J connectivity index is 2.10. The van der Waals surface area contributed by atoms with Crippen molar-refractivity contribution < 1.29 is 0 Å². The van der Waals surface area contributed by atoms with Crippen molar-refractivity contribution in [1.82, 2.24) is 24.5 Å². The molecule has 6 heteroatoms. The minimum Gasteiger partial charge on any atom is -0.368 e. The molecule has 2 heterocycles. The first-order valence-electron chi connectivity index (χ1n) is 5.22. The van der Waals surface area contributed by atoms with Crippen molar-refractivity contribution >= 4 is 5.95 Å². The zero-order chi connectivity index (χ0) is 11.1. The monoisotopic (exact) mass is 216 g/mol. The van der Waals surface area contributed by atoms with Gasteiger partial charge in [-0.2, -0.15) is 9.97 Å². The van der Waals surface area contributed by atoms with Crippen molar-refractivity contribution in [2.45, 2.75) is 18.8 Å². The second kappa shape index (κ2) is 3.26. The third-order valence-corrected chi connectivity index (χ3v) is 2.66. The number of aryl methyl sites for hydroxylation is 1. The lowest BCUT2D eigenvalue weighted by Crippen LogP contribution is -2.05. The number of rotatable bonds is 2. The van der Waals surface area contributed by atoms with E-state index in [9.17, 15) is 0 Å². The number of imidazole rings is 1. The van der Waals surface area contributed by atoms with E-state index in [-0.39, 0.29) is 5.95 Å². The Labute approximate surface area is 92.6 Å². The molecule has 2 aromatic rings. The highest BCUT2D eigenvalue weighted by Gasteiger charge is 2.27. The molecule has 0 aliphatic heterocycles. The molecule has 2 N–H and O–H groups in total. The van der Waals surface area contributed by atoms with E-state index in [2.05, 4.69) is 19.9 Å². The largest absolute Gasteiger partial charge is 0.368 e. The number of hydrogen-bond acceptors (Lipinski definition) is 5. The zero-order valence-corrected chi connectivity index (χ0v) is 8.96.